The zero-order valence-corrected chi connectivity index (χ0v) is 17.0. The van der Waals surface area contributed by atoms with Crippen LogP contribution in [0, 0.1) is 5.82 Å². The first-order valence-corrected chi connectivity index (χ1v) is 9.96. The van der Waals surface area contributed by atoms with E-state index in [1.807, 2.05) is 0 Å². The summed E-state index contributed by atoms with van der Waals surface area (Å²) in [7, 11) is 0. The number of fused-ring (bicyclic) bond motifs is 1. The molecule has 32 heavy (non-hydrogen) atoms. The number of nitrogens with one attached hydrogen (secondary N) is 1. The van der Waals surface area contributed by atoms with Gasteiger partial charge in [0, 0.05) is 18.3 Å². The minimum absolute atomic E-state index is 0.153. The molecule has 0 spiro atoms. The van der Waals surface area contributed by atoms with Gasteiger partial charge in [0.15, 0.2) is 0 Å². The first kappa shape index (κ1) is 21.7. The van der Waals surface area contributed by atoms with Crippen molar-refractivity contribution < 1.29 is 22.4 Å². The fourth-order valence-electron chi connectivity index (χ4n) is 3.54. The number of alkyl halides is 3. The first-order chi connectivity index (χ1) is 15.2. The Kier molecular flexibility index (Phi) is 5.77. The normalized spacial score (nSPS) is 14.6. The number of rotatable bonds is 4. The molecule has 0 bridgehead atoms. The lowest BCUT2D eigenvalue weighted by Crippen LogP contribution is -2.29. The van der Waals surface area contributed by atoms with E-state index < -0.39 is 23.9 Å². The zero-order chi connectivity index (χ0) is 22.9. The number of aromatic nitrogens is 3. The van der Waals surface area contributed by atoms with Crippen molar-refractivity contribution in [1.82, 2.24) is 20.3 Å². The van der Waals surface area contributed by atoms with Crippen molar-refractivity contribution in [1.29, 1.82) is 0 Å². The third-order valence-corrected chi connectivity index (χ3v) is 5.13. The molecule has 3 heterocycles. The van der Waals surface area contributed by atoms with Gasteiger partial charge in [0.1, 0.15) is 11.6 Å². The van der Waals surface area contributed by atoms with Gasteiger partial charge in [-0.1, -0.05) is 0 Å². The van der Waals surface area contributed by atoms with Crippen molar-refractivity contribution in [3.8, 4) is 0 Å². The number of hydrogen-bond donors (Lipinski definition) is 1. The highest BCUT2D eigenvalue weighted by Gasteiger charge is 2.35. The van der Waals surface area contributed by atoms with Gasteiger partial charge in [0.2, 0.25) is 5.82 Å². The van der Waals surface area contributed by atoms with Gasteiger partial charge in [-0.2, -0.15) is 13.2 Å². The Morgan fingerprint density at radius 3 is 2.56 bits per heavy atom. The maximum absolute atomic E-state index is 13.1. The predicted molar refractivity (Wildman–Crippen MR) is 109 cm³/mol. The van der Waals surface area contributed by atoms with Crippen LogP contribution in [0.25, 0.3) is 0 Å². The quantitative estimate of drug-likeness (QED) is 0.594. The van der Waals surface area contributed by atoms with Crippen molar-refractivity contribution in [2.45, 2.75) is 32.0 Å². The molecule has 1 N–H and O–H groups in total. The molecule has 4 rings (SSSR count). The SMILES string of the molecule is C[C@@H](NC(=O)c1ccc(F)cc1)c1ccc2c(n1)CCCN2c1ccnc(C(F)(F)F)n1. The lowest BCUT2D eigenvalue weighted by Gasteiger charge is -2.30. The molecule has 6 nitrogen and oxygen atoms in total. The van der Waals surface area contributed by atoms with Crippen molar-refractivity contribution in [2.75, 3.05) is 11.4 Å². The van der Waals surface area contributed by atoms with Crippen LogP contribution in [0.1, 0.15) is 47.0 Å². The van der Waals surface area contributed by atoms with Gasteiger partial charge in [-0.05, 0) is 62.2 Å². The summed E-state index contributed by atoms with van der Waals surface area (Å²) in [4.78, 5) is 25.7. The lowest BCUT2D eigenvalue weighted by molar-refractivity contribution is -0.144. The minimum Gasteiger partial charge on any atom is -0.344 e. The summed E-state index contributed by atoms with van der Waals surface area (Å²) in [5.74, 6) is -1.83. The molecule has 1 aromatic carbocycles. The first-order valence-electron chi connectivity index (χ1n) is 9.96. The molecule has 10 heteroatoms. The van der Waals surface area contributed by atoms with Gasteiger partial charge >= 0.3 is 6.18 Å². The molecule has 3 aromatic rings. The van der Waals surface area contributed by atoms with Gasteiger partial charge in [0.25, 0.3) is 5.91 Å². The smallest absolute Gasteiger partial charge is 0.344 e. The monoisotopic (exact) mass is 445 g/mol. The second-order valence-corrected chi connectivity index (χ2v) is 7.40. The van der Waals surface area contributed by atoms with E-state index >= 15 is 0 Å². The number of halogens is 4. The molecule has 1 aliphatic rings. The Labute approximate surface area is 181 Å². The predicted octanol–water partition coefficient (Wildman–Crippen LogP) is 4.60. The Balaban J connectivity index is 1.55. The van der Waals surface area contributed by atoms with E-state index in [9.17, 15) is 22.4 Å². The van der Waals surface area contributed by atoms with Crippen LogP contribution in [0.4, 0.5) is 29.1 Å². The highest BCUT2D eigenvalue weighted by Crippen LogP contribution is 2.34. The summed E-state index contributed by atoms with van der Waals surface area (Å²) in [6, 6.07) is 9.71. The molecule has 0 fully saturated rings. The number of carbonyl (C=O) groups is 1. The van der Waals surface area contributed by atoms with Crippen LogP contribution in [0.3, 0.4) is 0 Å². The van der Waals surface area contributed by atoms with E-state index in [1.165, 1.54) is 30.3 Å². The van der Waals surface area contributed by atoms with E-state index in [2.05, 4.69) is 20.3 Å². The molecule has 0 unspecified atom stereocenters. The van der Waals surface area contributed by atoms with Crippen molar-refractivity contribution in [3.63, 3.8) is 0 Å². The molecule has 166 valence electrons. The fourth-order valence-corrected chi connectivity index (χ4v) is 3.54. The molecular weight excluding hydrogens is 426 g/mol. The maximum Gasteiger partial charge on any atom is 0.451 e. The molecule has 0 aliphatic carbocycles. The molecule has 1 atom stereocenters. The topological polar surface area (TPSA) is 71.0 Å². The second-order valence-electron chi connectivity index (χ2n) is 7.40. The standard InChI is InChI=1S/C22H19F4N5O/c1-13(28-20(32)14-4-6-15(23)7-5-14)16-8-9-18-17(29-16)3-2-12-31(18)19-10-11-27-21(30-19)22(24,25)26/h4-11,13H,2-3,12H2,1H3,(H,28,32)/t13-/m1/s1. The summed E-state index contributed by atoms with van der Waals surface area (Å²) in [6.07, 6.45) is -2.20. The Morgan fingerprint density at radius 2 is 1.84 bits per heavy atom. The van der Waals surface area contributed by atoms with Gasteiger partial charge in [-0.25, -0.2) is 14.4 Å². The van der Waals surface area contributed by atoms with Crippen LogP contribution < -0.4 is 10.2 Å². The number of aryl methyl sites for hydroxylation is 1. The van der Waals surface area contributed by atoms with E-state index in [1.54, 1.807) is 24.0 Å². The largest absolute Gasteiger partial charge is 0.451 e. The summed E-state index contributed by atoms with van der Waals surface area (Å²) >= 11 is 0. The number of pyridine rings is 1. The molecule has 2 aromatic heterocycles. The van der Waals surface area contributed by atoms with Crippen LogP contribution in [-0.2, 0) is 12.6 Å². The molecule has 0 saturated heterocycles. The number of hydrogen-bond acceptors (Lipinski definition) is 5. The second kappa shape index (κ2) is 8.52. The molecule has 1 amide bonds. The van der Waals surface area contributed by atoms with E-state index in [4.69, 9.17) is 0 Å². The number of nitrogens with zero attached hydrogens (tertiary/aromatic N) is 4. The van der Waals surface area contributed by atoms with Gasteiger partial charge in [-0.15, -0.1) is 0 Å². The number of anilines is 2. The highest BCUT2D eigenvalue weighted by molar-refractivity contribution is 5.94. The van der Waals surface area contributed by atoms with Crippen molar-refractivity contribution in [2.24, 2.45) is 0 Å². The van der Waals surface area contributed by atoms with Crippen LogP contribution in [0.15, 0.2) is 48.7 Å². The van der Waals surface area contributed by atoms with Crippen LogP contribution >= 0.6 is 0 Å². The van der Waals surface area contributed by atoms with Crippen molar-refractivity contribution >= 4 is 17.4 Å². The van der Waals surface area contributed by atoms with Gasteiger partial charge in [0.05, 0.1) is 23.1 Å². The molecule has 1 aliphatic heterocycles. The van der Waals surface area contributed by atoms with Crippen LogP contribution in [-0.4, -0.2) is 27.4 Å². The Morgan fingerprint density at radius 1 is 1.09 bits per heavy atom. The fraction of sp³-hybridized carbons (Fsp3) is 0.273. The minimum atomic E-state index is -4.63. The third kappa shape index (κ3) is 4.53. The summed E-state index contributed by atoms with van der Waals surface area (Å²) in [5.41, 5.74) is 2.32. The third-order valence-electron chi connectivity index (χ3n) is 5.13. The number of benzene rings is 1. The molecule has 0 saturated carbocycles. The number of amides is 1. The average molecular weight is 445 g/mol. The molecular formula is C22H19F4N5O. The van der Waals surface area contributed by atoms with E-state index in [0.29, 0.717) is 42.0 Å². The van der Waals surface area contributed by atoms with Crippen LogP contribution in [0.5, 0.6) is 0 Å². The summed E-state index contributed by atoms with van der Waals surface area (Å²) < 4.78 is 52.1. The van der Waals surface area contributed by atoms with E-state index in [-0.39, 0.29) is 11.7 Å². The van der Waals surface area contributed by atoms with Crippen molar-refractivity contribution in [3.05, 3.63) is 77.3 Å². The summed E-state index contributed by atoms with van der Waals surface area (Å²) in [6.45, 7) is 2.27. The highest BCUT2D eigenvalue weighted by atomic mass is 19.4. The lowest BCUT2D eigenvalue weighted by atomic mass is 10.1. The Bertz CT molecular complexity index is 1130. The van der Waals surface area contributed by atoms with Gasteiger partial charge < -0.3 is 10.2 Å². The van der Waals surface area contributed by atoms with Gasteiger partial charge in [-0.3, -0.25) is 9.78 Å². The summed E-state index contributed by atoms with van der Waals surface area (Å²) in [5, 5.41) is 2.82. The number of carbonyl (C=O) groups excluding carboxylic acids is 1. The Hall–Kier alpha value is -3.56. The van der Waals surface area contributed by atoms with Crippen LogP contribution in [0.2, 0.25) is 0 Å². The van der Waals surface area contributed by atoms with E-state index in [0.717, 1.165) is 6.20 Å². The maximum atomic E-state index is 13.1. The zero-order valence-electron chi connectivity index (χ0n) is 17.0. The average Bonchev–Trinajstić information content (AvgIpc) is 2.78. The molecule has 0 radical (unpaired) electrons.